The van der Waals surface area contributed by atoms with E-state index in [1.165, 1.54) is 12.1 Å². The lowest BCUT2D eigenvalue weighted by molar-refractivity contribution is -0.149. The van der Waals surface area contributed by atoms with Gasteiger partial charge in [0.2, 0.25) is 0 Å². The number of carboxylic acids is 1. The molecule has 0 bridgehead atoms. The van der Waals surface area contributed by atoms with Gasteiger partial charge >= 0.3 is 24.2 Å². The first kappa shape index (κ1) is 35.7. The number of hydrogen-bond donors (Lipinski definition) is 2. The Kier molecular flexibility index (Phi) is 17.9. The molecule has 11 heteroatoms. The van der Waals surface area contributed by atoms with Gasteiger partial charge < -0.3 is 34.1 Å². The normalized spacial score (nSPS) is 13.0. The summed E-state index contributed by atoms with van der Waals surface area (Å²) in [4.78, 5) is 48.5. The van der Waals surface area contributed by atoms with Crippen molar-refractivity contribution in [3.05, 3.63) is 23.8 Å². The quantitative estimate of drug-likeness (QED) is 0.0802. The van der Waals surface area contributed by atoms with Crippen molar-refractivity contribution in [1.82, 2.24) is 5.32 Å². The summed E-state index contributed by atoms with van der Waals surface area (Å²) >= 11 is 0. The number of aliphatic carboxylic acids is 1. The van der Waals surface area contributed by atoms with Gasteiger partial charge in [0.15, 0.2) is 11.5 Å². The maximum atomic E-state index is 12.3. The SMILES string of the molecule is CCCCCOC(=O)Oc1ccc(C[C@H](NCC(C)OC(=O)CC(C)CC)C(=O)O)cc1OC(=O)OCCCCC. The van der Waals surface area contributed by atoms with E-state index in [0.717, 1.165) is 32.1 Å². The molecule has 0 saturated carbocycles. The summed E-state index contributed by atoms with van der Waals surface area (Å²) in [6.07, 6.45) is 3.79. The van der Waals surface area contributed by atoms with Crippen LogP contribution in [0.15, 0.2) is 18.2 Å². The van der Waals surface area contributed by atoms with E-state index in [2.05, 4.69) is 5.32 Å². The molecule has 0 aromatic heterocycles. The summed E-state index contributed by atoms with van der Waals surface area (Å²) < 4.78 is 26.1. The van der Waals surface area contributed by atoms with Gasteiger partial charge in [0.25, 0.3) is 0 Å². The number of hydrogen-bond acceptors (Lipinski definition) is 10. The first-order valence-electron chi connectivity index (χ1n) is 14.6. The van der Waals surface area contributed by atoms with E-state index >= 15 is 0 Å². The average Bonchev–Trinajstić information content (AvgIpc) is 2.92. The molecule has 41 heavy (non-hydrogen) atoms. The van der Waals surface area contributed by atoms with Crippen LogP contribution in [-0.4, -0.2) is 61.3 Å². The summed E-state index contributed by atoms with van der Waals surface area (Å²) in [7, 11) is 0. The van der Waals surface area contributed by atoms with Crippen molar-refractivity contribution in [2.24, 2.45) is 5.92 Å². The third kappa shape index (κ3) is 15.9. The lowest BCUT2D eigenvalue weighted by atomic mass is 10.0. The Morgan fingerprint density at radius 1 is 0.854 bits per heavy atom. The third-order valence-corrected chi connectivity index (χ3v) is 6.26. The number of nitrogens with one attached hydrogen (secondary N) is 1. The second-order valence-electron chi connectivity index (χ2n) is 10.1. The van der Waals surface area contributed by atoms with Crippen LogP contribution in [0.5, 0.6) is 11.5 Å². The molecule has 0 aliphatic rings. The van der Waals surface area contributed by atoms with Crippen molar-refractivity contribution in [3.8, 4) is 11.5 Å². The average molecular weight is 582 g/mol. The molecule has 0 spiro atoms. The Morgan fingerprint density at radius 3 is 1.98 bits per heavy atom. The Hall–Kier alpha value is -3.34. The topological polar surface area (TPSA) is 147 Å². The largest absolute Gasteiger partial charge is 0.513 e. The highest BCUT2D eigenvalue weighted by Gasteiger charge is 2.22. The highest BCUT2D eigenvalue weighted by atomic mass is 16.7. The van der Waals surface area contributed by atoms with Gasteiger partial charge in [0.1, 0.15) is 12.1 Å². The van der Waals surface area contributed by atoms with E-state index < -0.39 is 30.4 Å². The Labute approximate surface area is 243 Å². The Bertz CT molecular complexity index is 951. The van der Waals surface area contributed by atoms with Crippen molar-refractivity contribution < 1.29 is 48.0 Å². The molecule has 2 N–H and O–H groups in total. The maximum absolute atomic E-state index is 12.3. The minimum absolute atomic E-state index is 0.00647. The van der Waals surface area contributed by atoms with Gasteiger partial charge in [0, 0.05) is 13.0 Å². The molecule has 11 nitrogen and oxygen atoms in total. The zero-order chi connectivity index (χ0) is 30.6. The van der Waals surface area contributed by atoms with Crippen molar-refractivity contribution in [1.29, 1.82) is 0 Å². The molecule has 0 heterocycles. The van der Waals surface area contributed by atoms with Crippen LogP contribution < -0.4 is 14.8 Å². The van der Waals surface area contributed by atoms with Crippen LogP contribution in [0.3, 0.4) is 0 Å². The first-order chi connectivity index (χ1) is 19.6. The van der Waals surface area contributed by atoms with Gasteiger partial charge in [-0.05, 0) is 49.8 Å². The molecular formula is C30H47NO10. The summed E-state index contributed by atoms with van der Waals surface area (Å²) in [6, 6.07) is 3.35. The van der Waals surface area contributed by atoms with Crippen molar-refractivity contribution >= 4 is 24.2 Å². The van der Waals surface area contributed by atoms with E-state index in [1.54, 1.807) is 13.0 Å². The van der Waals surface area contributed by atoms with E-state index in [4.69, 9.17) is 23.7 Å². The number of benzene rings is 1. The number of esters is 1. The number of unbranched alkanes of at least 4 members (excludes halogenated alkanes) is 4. The van der Waals surface area contributed by atoms with Crippen LogP contribution in [0.2, 0.25) is 0 Å². The predicted octanol–water partition coefficient (Wildman–Crippen LogP) is 6.05. The molecule has 0 fully saturated rings. The van der Waals surface area contributed by atoms with Crippen LogP contribution in [0.25, 0.3) is 0 Å². The molecule has 232 valence electrons. The monoisotopic (exact) mass is 581 g/mol. The van der Waals surface area contributed by atoms with Crippen molar-refractivity contribution in [2.75, 3.05) is 19.8 Å². The number of rotatable bonds is 20. The predicted molar refractivity (Wildman–Crippen MR) is 152 cm³/mol. The van der Waals surface area contributed by atoms with Crippen molar-refractivity contribution in [2.45, 2.75) is 105 Å². The molecule has 0 amide bonds. The lowest BCUT2D eigenvalue weighted by Gasteiger charge is -2.20. The van der Waals surface area contributed by atoms with E-state index in [-0.39, 0.29) is 49.6 Å². The Morgan fingerprint density at radius 2 is 1.44 bits per heavy atom. The molecule has 0 radical (unpaired) electrons. The second kappa shape index (κ2) is 20.5. The van der Waals surface area contributed by atoms with E-state index in [9.17, 15) is 24.3 Å². The fourth-order valence-electron chi connectivity index (χ4n) is 3.63. The number of carbonyl (C=O) groups excluding carboxylic acids is 3. The second-order valence-corrected chi connectivity index (χ2v) is 10.1. The highest BCUT2D eigenvalue weighted by Crippen LogP contribution is 2.30. The molecule has 0 aliphatic heterocycles. The number of ether oxygens (including phenoxy) is 5. The van der Waals surface area contributed by atoms with Gasteiger partial charge in [-0.3, -0.25) is 9.59 Å². The lowest BCUT2D eigenvalue weighted by Crippen LogP contribution is -2.42. The standard InChI is InChI=1S/C30H47NO10/c1-6-9-11-15-37-29(35)40-25-14-13-23(19-26(25)41-30(36)38-16-12-10-7-2)18-24(28(33)34)31-20-22(5)39-27(32)17-21(4)8-3/h13-14,19,21-22,24,31H,6-12,15-18,20H2,1-5H3,(H,33,34)/t21?,22?,24-/m0/s1. The first-order valence-corrected chi connectivity index (χ1v) is 14.6. The van der Waals surface area contributed by atoms with Gasteiger partial charge in [-0.1, -0.05) is 65.9 Å². The molecule has 2 unspecified atom stereocenters. The summed E-state index contributed by atoms with van der Waals surface area (Å²) in [5.41, 5.74) is 0.490. The number of carbonyl (C=O) groups is 4. The molecule has 1 rings (SSSR count). The third-order valence-electron chi connectivity index (χ3n) is 6.26. The maximum Gasteiger partial charge on any atom is 0.513 e. The van der Waals surface area contributed by atoms with Crippen LogP contribution in [0.1, 0.15) is 91.5 Å². The van der Waals surface area contributed by atoms with Gasteiger partial charge in [-0.15, -0.1) is 0 Å². The molecular weight excluding hydrogens is 534 g/mol. The highest BCUT2D eigenvalue weighted by molar-refractivity contribution is 5.74. The van der Waals surface area contributed by atoms with Gasteiger partial charge in [-0.25, -0.2) is 9.59 Å². The smallest absolute Gasteiger partial charge is 0.480 e. The summed E-state index contributed by atoms with van der Waals surface area (Å²) in [5, 5.41) is 12.7. The molecule has 0 aliphatic carbocycles. The van der Waals surface area contributed by atoms with E-state index in [1.807, 2.05) is 27.7 Å². The fourth-order valence-corrected chi connectivity index (χ4v) is 3.63. The number of carboxylic acid groups (broad SMARTS) is 1. The van der Waals surface area contributed by atoms with Crippen LogP contribution in [0.4, 0.5) is 9.59 Å². The zero-order valence-corrected chi connectivity index (χ0v) is 25.1. The Balaban J connectivity index is 2.92. The summed E-state index contributed by atoms with van der Waals surface area (Å²) in [5.74, 6) is -1.42. The fraction of sp³-hybridized carbons (Fsp3) is 0.667. The van der Waals surface area contributed by atoms with Crippen LogP contribution in [-0.2, 0) is 30.2 Å². The van der Waals surface area contributed by atoms with E-state index in [0.29, 0.717) is 24.8 Å². The van der Waals surface area contributed by atoms with Crippen LogP contribution in [0, 0.1) is 5.92 Å². The van der Waals surface area contributed by atoms with Crippen LogP contribution >= 0.6 is 0 Å². The molecule has 1 aromatic carbocycles. The molecule has 1 aromatic rings. The minimum atomic E-state index is -1.11. The van der Waals surface area contributed by atoms with Gasteiger partial charge in [-0.2, -0.15) is 0 Å². The zero-order valence-electron chi connectivity index (χ0n) is 25.1. The molecule has 0 saturated heterocycles. The molecule has 3 atom stereocenters. The van der Waals surface area contributed by atoms with Gasteiger partial charge in [0.05, 0.1) is 13.2 Å². The minimum Gasteiger partial charge on any atom is -0.480 e. The summed E-state index contributed by atoms with van der Waals surface area (Å²) in [6.45, 7) is 10.2. The van der Waals surface area contributed by atoms with Crippen molar-refractivity contribution in [3.63, 3.8) is 0 Å².